The first-order chi connectivity index (χ1) is 9.32. The van der Waals surface area contributed by atoms with E-state index in [1.165, 1.54) is 0 Å². The van der Waals surface area contributed by atoms with Crippen molar-refractivity contribution in [3.8, 4) is 0 Å². The molecule has 1 aliphatic carbocycles. The fourth-order valence-electron chi connectivity index (χ4n) is 2.96. The van der Waals surface area contributed by atoms with Gasteiger partial charge >= 0.3 is 5.97 Å². The fourth-order valence-corrected chi connectivity index (χ4v) is 2.96. The van der Waals surface area contributed by atoms with E-state index >= 15 is 0 Å². The number of rotatable bonds is 3. The minimum atomic E-state index is -0.815. The zero-order chi connectivity index (χ0) is 15.1. The van der Waals surface area contributed by atoms with Crippen LogP contribution in [-0.4, -0.2) is 28.1 Å². The van der Waals surface area contributed by atoms with Gasteiger partial charge in [-0.1, -0.05) is 13.8 Å². The third-order valence-corrected chi connectivity index (χ3v) is 4.02. The van der Waals surface area contributed by atoms with Gasteiger partial charge in [-0.2, -0.15) is 5.10 Å². The average Bonchev–Trinajstić information content (AvgIpc) is 2.73. The highest BCUT2D eigenvalue weighted by molar-refractivity contribution is 6.03. The van der Waals surface area contributed by atoms with Crippen LogP contribution in [0.15, 0.2) is 0 Å². The Morgan fingerprint density at radius 3 is 2.70 bits per heavy atom. The fraction of sp³-hybridized carbons (Fsp3) is 0.667. The van der Waals surface area contributed by atoms with Gasteiger partial charge in [-0.15, -0.1) is 0 Å². The molecule has 1 aromatic rings. The van der Waals surface area contributed by atoms with Crippen molar-refractivity contribution in [1.82, 2.24) is 9.78 Å². The summed E-state index contributed by atoms with van der Waals surface area (Å²) in [5.41, 5.74) is 1.30. The molecule has 0 aliphatic heterocycles. The lowest BCUT2D eigenvalue weighted by Gasteiger charge is -2.29. The molecule has 1 atom stereocenters. The number of ether oxygens (including phenoxy) is 1. The third-order valence-electron chi connectivity index (χ3n) is 4.02. The smallest absolute Gasteiger partial charge is 0.317 e. The van der Waals surface area contributed by atoms with Crippen molar-refractivity contribution < 1.29 is 14.3 Å². The van der Waals surface area contributed by atoms with Crippen LogP contribution >= 0.6 is 0 Å². The topological polar surface area (TPSA) is 61.2 Å². The van der Waals surface area contributed by atoms with Crippen LogP contribution < -0.4 is 0 Å². The van der Waals surface area contributed by atoms with Crippen molar-refractivity contribution in [3.05, 3.63) is 17.0 Å². The van der Waals surface area contributed by atoms with E-state index in [0.717, 1.165) is 5.69 Å². The molecule has 5 heteroatoms. The first-order valence-corrected chi connectivity index (χ1v) is 7.10. The van der Waals surface area contributed by atoms with E-state index in [2.05, 4.69) is 5.10 Å². The van der Waals surface area contributed by atoms with E-state index in [1.807, 2.05) is 27.8 Å². The van der Waals surface area contributed by atoms with Crippen LogP contribution in [0.4, 0.5) is 0 Å². The van der Waals surface area contributed by atoms with Gasteiger partial charge in [0.15, 0.2) is 5.78 Å². The van der Waals surface area contributed by atoms with Gasteiger partial charge in [0, 0.05) is 13.5 Å². The van der Waals surface area contributed by atoms with Gasteiger partial charge in [-0.25, -0.2) is 0 Å². The van der Waals surface area contributed by atoms with Gasteiger partial charge in [0.25, 0.3) is 0 Å². The molecular weight excluding hydrogens is 256 g/mol. The molecule has 0 N–H and O–H groups in total. The van der Waals surface area contributed by atoms with Crippen molar-refractivity contribution in [1.29, 1.82) is 0 Å². The van der Waals surface area contributed by atoms with Crippen LogP contribution in [0.3, 0.4) is 0 Å². The quantitative estimate of drug-likeness (QED) is 0.796. The highest BCUT2D eigenvalue weighted by Gasteiger charge is 2.47. The van der Waals surface area contributed by atoms with Gasteiger partial charge < -0.3 is 4.74 Å². The molecule has 1 aliphatic rings. The van der Waals surface area contributed by atoms with Crippen molar-refractivity contribution in [2.24, 2.45) is 7.05 Å². The first-order valence-electron chi connectivity index (χ1n) is 7.10. The molecule has 0 saturated carbocycles. The maximum Gasteiger partial charge on any atom is 0.317 e. The summed E-state index contributed by atoms with van der Waals surface area (Å²) in [5, 5.41) is 4.47. The second kappa shape index (κ2) is 5.04. The Balaban J connectivity index is 2.61. The Labute approximate surface area is 119 Å². The number of nitrogens with zero attached hydrogens (tertiary/aromatic N) is 2. The van der Waals surface area contributed by atoms with Crippen molar-refractivity contribution in [2.75, 3.05) is 6.61 Å². The Bertz CT molecular complexity index is 560. The van der Waals surface area contributed by atoms with Gasteiger partial charge in [-0.3, -0.25) is 14.3 Å². The zero-order valence-corrected chi connectivity index (χ0v) is 12.8. The number of esters is 1. The molecular formula is C15H22N2O3. The Morgan fingerprint density at radius 1 is 1.50 bits per heavy atom. The number of aryl methyl sites for hydroxylation is 1. The second-order valence-electron chi connectivity index (χ2n) is 5.86. The SMILES string of the molecule is CCOC(=O)C1(C)CCC(=O)c2c1nn(C)c2C(C)C. The van der Waals surface area contributed by atoms with Crippen LogP contribution in [-0.2, 0) is 22.0 Å². The lowest BCUT2D eigenvalue weighted by Crippen LogP contribution is -2.39. The Kier molecular flexibility index (Phi) is 3.71. The van der Waals surface area contributed by atoms with Crippen LogP contribution in [0, 0.1) is 0 Å². The van der Waals surface area contributed by atoms with E-state index < -0.39 is 5.41 Å². The summed E-state index contributed by atoms with van der Waals surface area (Å²) in [6.45, 7) is 8.00. The van der Waals surface area contributed by atoms with Gasteiger partial charge in [0.05, 0.1) is 23.6 Å². The molecule has 2 rings (SSSR count). The molecule has 0 bridgehead atoms. The highest BCUT2D eigenvalue weighted by atomic mass is 16.5. The average molecular weight is 278 g/mol. The van der Waals surface area contributed by atoms with E-state index in [1.54, 1.807) is 11.6 Å². The zero-order valence-electron chi connectivity index (χ0n) is 12.8. The minimum Gasteiger partial charge on any atom is -0.465 e. The standard InChI is InChI=1S/C15H22N2O3/c1-6-20-14(19)15(4)8-7-10(18)11-12(9(2)3)17(5)16-13(11)15/h9H,6-8H2,1-5H3. The first kappa shape index (κ1) is 14.8. The van der Waals surface area contributed by atoms with Crippen molar-refractivity contribution >= 4 is 11.8 Å². The largest absolute Gasteiger partial charge is 0.465 e. The number of hydrogen-bond donors (Lipinski definition) is 0. The molecule has 0 aromatic carbocycles. The minimum absolute atomic E-state index is 0.0820. The van der Waals surface area contributed by atoms with Crippen molar-refractivity contribution in [2.45, 2.75) is 51.9 Å². The van der Waals surface area contributed by atoms with Crippen molar-refractivity contribution in [3.63, 3.8) is 0 Å². The molecule has 5 nitrogen and oxygen atoms in total. The summed E-state index contributed by atoms with van der Waals surface area (Å²) in [7, 11) is 1.83. The molecule has 0 radical (unpaired) electrons. The lowest BCUT2D eigenvalue weighted by molar-refractivity contribution is -0.150. The predicted molar refractivity (Wildman–Crippen MR) is 74.8 cm³/mol. The Morgan fingerprint density at radius 2 is 2.15 bits per heavy atom. The molecule has 0 saturated heterocycles. The molecule has 20 heavy (non-hydrogen) atoms. The Hall–Kier alpha value is -1.65. The second-order valence-corrected chi connectivity index (χ2v) is 5.86. The van der Waals surface area contributed by atoms with E-state index in [4.69, 9.17) is 4.74 Å². The highest BCUT2D eigenvalue weighted by Crippen LogP contribution is 2.40. The third kappa shape index (κ3) is 2.05. The summed E-state index contributed by atoms with van der Waals surface area (Å²) in [6, 6.07) is 0. The maximum absolute atomic E-state index is 12.3. The normalized spacial score (nSPS) is 22.0. The monoisotopic (exact) mass is 278 g/mol. The maximum atomic E-state index is 12.3. The molecule has 1 heterocycles. The van der Waals surface area contributed by atoms with Gasteiger partial charge in [-0.05, 0) is 26.2 Å². The number of hydrogen-bond acceptors (Lipinski definition) is 4. The number of aromatic nitrogens is 2. The molecule has 0 amide bonds. The molecule has 1 unspecified atom stereocenters. The summed E-state index contributed by atoms with van der Waals surface area (Å²) in [4.78, 5) is 24.6. The molecule has 0 fully saturated rings. The van der Waals surface area contributed by atoms with E-state index in [0.29, 0.717) is 30.7 Å². The number of fused-ring (bicyclic) bond motifs is 1. The van der Waals surface area contributed by atoms with Crippen LogP contribution in [0.2, 0.25) is 0 Å². The predicted octanol–water partition coefficient (Wildman–Crippen LogP) is 2.34. The summed E-state index contributed by atoms with van der Waals surface area (Å²) < 4.78 is 6.92. The van der Waals surface area contributed by atoms with Crippen LogP contribution in [0.1, 0.15) is 68.2 Å². The molecule has 0 spiro atoms. The molecule has 1 aromatic heterocycles. The summed E-state index contributed by atoms with van der Waals surface area (Å²) in [5.74, 6) is -0.0227. The van der Waals surface area contributed by atoms with E-state index in [-0.39, 0.29) is 17.7 Å². The lowest BCUT2D eigenvalue weighted by atomic mass is 9.73. The number of Topliss-reactive ketones (excluding diaryl/α,β-unsaturated/α-hetero) is 1. The van der Waals surface area contributed by atoms with Crippen LogP contribution in [0.5, 0.6) is 0 Å². The number of ketones is 1. The number of carbonyl (C=O) groups is 2. The molecule has 110 valence electrons. The van der Waals surface area contributed by atoms with Gasteiger partial charge in [0.2, 0.25) is 0 Å². The summed E-state index contributed by atoms with van der Waals surface area (Å²) >= 11 is 0. The number of carbonyl (C=O) groups excluding carboxylic acids is 2. The van der Waals surface area contributed by atoms with Gasteiger partial charge in [0.1, 0.15) is 5.41 Å². The van der Waals surface area contributed by atoms with E-state index in [9.17, 15) is 9.59 Å². The van der Waals surface area contributed by atoms with Crippen LogP contribution in [0.25, 0.3) is 0 Å². The summed E-state index contributed by atoms with van der Waals surface area (Å²) in [6.07, 6.45) is 0.833.